The summed E-state index contributed by atoms with van der Waals surface area (Å²) in [7, 11) is 1.68. The normalized spacial score (nSPS) is 27.8. The van der Waals surface area contributed by atoms with Gasteiger partial charge in [-0.1, -0.05) is 0 Å². The maximum absolute atomic E-state index is 5.57. The van der Waals surface area contributed by atoms with Crippen molar-refractivity contribution in [2.24, 2.45) is 11.8 Å². The SMILES string of the molecule is COCCOCCOCCN1CC2CNCC2C1. The highest BCUT2D eigenvalue weighted by molar-refractivity contribution is 4.90. The van der Waals surface area contributed by atoms with Gasteiger partial charge < -0.3 is 24.4 Å². The summed E-state index contributed by atoms with van der Waals surface area (Å²) in [6.45, 7) is 9.43. The van der Waals surface area contributed by atoms with Gasteiger partial charge in [0.05, 0.1) is 33.0 Å². The quantitative estimate of drug-likeness (QED) is 0.581. The van der Waals surface area contributed by atoms with Crippen LogP contribution in [0.1, 0.15) is 0 Å². The molecule has 0 aromatic heterocycles. The predicted octanol–water partition coefficient (Wildman–Crippen LogP) is -0.183. The molecule has 2 rings (SSSR count). The van der Waals surface area contributed by atoms with E-state index in [1.54, 1.807) is 7.11 Å². The lowest BCUT2D eigenvalue weighted by atomic mass is 10.0. The molecule has 5 heteroatoms. The molecular weight excluding hydrogens is 232 g/mol. The van der Waals surface area contributed by atoms with Crippen molar-refractivity contribution in [2.75, 3.05) is 72.9 Å². The van der Waals surface area contributed by atoms with Crippen molar-refractivity contribution < 1.29 is 14.2 Å². The number of nitrogens with zero attached hydrogens (tertiary/aromatic N) is 1. The summed E-state index contributed by atoms with van der Waals surface area (Å²) in [5.41, 5.74) is 0. The Morgan fingerprint density at radius 3 is 2.22 bits per heavy atom. The van der Waals surface area contributed by atoms with Crippen molar-refractivity contribution in [3.8, 4) is 0 Å². The van der Waals surface area contributed by atoms with Gasteiger partial charge in [-0.15, -0.1) is 0 Å². The minimum Gasteiger partial charge on any atom is -0.382 e. The Morgan fingerprint density at radius 1 is 0.944 bits per heavy atom. The highest BCUT2D eigenvalue weighted by Crippen LogP contribution is 2.25. The number of fused-ring (bicyclic) bond motifs is 1. The van der Waals surface area contributed by atoms with Crippen LogP contribution in [0.2, 0.25) is 0 Å². The van der Waals surface area contributed by atoms with Crippen molar-refractivity contribution >= 4 is 0 Å². The molecule has 0 aromatic rings. The fraction of sp³-hybridized carbons (Fsp3) is 1.00. The molecule has 2 aliphatic rings. The van der Waals surface area contributed by atoms with Gasteiger partial charge in [-0.3, -0.25) is 0 Å². The molecule has 18 heavy (non-hydrogen) atoms. The number of nitrogens with one attached hydrogen (secondary N) is 1. The molecule has 0 aliphatic carbocycles. The first-order chi connectivity index (χ1) is 8.90. The lowest BCUT2D eigenvalue weighted by Gasteiger charge is -2.16. The van der Waals surface area contributed by atoms with Gasteiger partial charge in [0, 0.05) is 26.7 Å². The first kappa shape index (κ1) is 14.2. The van der Waals surface area contributed by atoms with Gasteiger partial charge in [-0.25, -0.2) is 0 Å². The Kier molecular flexibility index (Phi) is 6.37. The second-order valence-corrected chi connectivity index (χ2v) is 5.16. The number of ether oxygens (including phenoxy) is 3. The Morgan fingerprint density at radius 2 is 1.56 bits per heavy atom. The van der Waals surface area contributed by atoms with Gasteiger partial charge >= 0.3 is 0 Å². The lowest BCUT2D eigenvalue weighted by Crippen LogP contribution is -2.29. The zero-order chi connectivity index (χ0) is 12.6. The summed E-state index contributed by atoms with van der Waals surface area (Å²) in [4.78, 5) is 2.53. The lowest BCUT2D eigenvalue weighted by molar-refractivity contribution is 0.0204. The van der Waals surface area contributed by atoms with Crippen molar-refractivity contribution in [1.82, 2.24) is 10.2 Å². The molecule has 0 aromatic carbocycles. The smallest absolute Gasteiger partial charge is 0.0701 e. The summed E-state index contributed by atoms with van der Waals surface area (Å²) in [5, 5.41) is 3.46. The highest BCUT2D eigenvalue weighted by atomic mass is 16.5. The average Bonchev–Trinajstić information content (AvgIpc) is 2.93. The van der Waals surface area contributed by atoms with Crippen LogP contribution in [-0.4, -0.2) is 77.8 Å². The number of rotatable bonds is 9. The molecule has 2 saturated heterocycles. The molecule has 2 atom stereocenters. The molecule has 2 fully saturated rings. The number of likely N-dealkylation sites (tertiary alicyclic amines) is 1. The van der Waals surface area contributed by atoms with Gasteiger partial charge in [0.25, 0.3) is 0 Å². The molecule has 0 spiro atoms. The Hall–Kier alpha value is -0.200. The predicted molar refractivity (Wildman–Crippen MR) is 69.8 cm³/mol. The van der Waals surface area contributed by atoms with Crippen LogP contribution in [0.5, 0.6) is 0 Å². The van der Waals surface area contributed by atoms with E-state index in [0.29, 0.717) is 26.4 Å². The topological polar surface area (TPSA) is 43.0 Å². The first-order valence-corrected chi connectivity index (χ1v) is 6.97. The second-order valence-electron chi connectivity index (χ2n) is 5.16. The minimum atomic E-state index is 0.655. The molecule has 0 radical (unpaired) electrons. The third-order valence-electron chi connectivity index (χ3n) is 3.82. The van der Waals surface area contributed by atoms with E-state index in [2.05, 4.69) is 10.2 Å². The Labute approximate surface area is 110 Å². The molecule has 0 saturated carbocycles. The van der Waals surface area contributed by atoms with Crippen LogP contribution in [0, 0.1) is 11.8 Å². The molecule has 0 bridgehead atoms. The number of hydrogen-bond donors (Lipinski definition) is 1. The summed E-state index contributed by atoms with van der Waals surface area (Å²) in [5.74, 6) is 1.75. The van der Waals surface area contributed by atoms with E-state index in [9.17, 15) is 0 Å². The van der Waals surface area contributed by atoms with E-state index in [1.165, 1.54) is 26.2 Å². The van der Waals surface area contributed by atoms with Crippen molar-refractivity contribution in [2.45, 2.75) is 0 Å². The zero-order valence-electron chi connectivity index (χ0n) is 11.4. The van der Waals surface area contributed by atoms with E-state index in [1.807, 2.05) is 0 Å². The fourth-order valence-corrected chi connectivity index (χ4v) is 2.79. The van der Waals surface area contributed by atoms with Gasteiger partial charge in [-0.05, 0) is 24.9 Å². The van der Waals surface area contributed by atoms with Crippen molar-refractivity contribution in [1.29, 1.82) is 0 Å². The zero-order valence-corrected chi connectivity index (χ0v) is 11.4. The van der Waals surface area contributed by atoms with E-state index >= 15 is 0 Å². The molecular formula is C13H26N2O3. The van der Waals surface area contributed by atoms with Crippen LogP contribution in [0.4, 0.5) is 0 Å². The van der Waals surface area contributed by atoms with E-state index < -0.39 is 0 Å². The summed E-state index contributed by atoms with van der Waals surface area (Å²) >= 11 is 0. The van der Waals surface area contributed by atoms with Crippen LogP contribution in [0.15, 0.2) is 0 Å². The van der Waals surface area contributed by atoms with E-state index in [-0.39, 0.29) is 0 Å². The van der Waals surface area contributed by atoms with Crippen molar-refractivity contribution in [3.63, 3.8) is 0 Å². The summed E-state index contributed by atoms with van der Waals surface area (Å²) in [6.07, 6.45) is 0. The van der Waals surface area contributed by atoms with Gasteiger partial charge in [-0.2, -0.15) is 0 Å². The molecule has 2 aliphatic heterocycles. The number of methoxy groups -OCH3 is 1. The maximum Gasteiger partial charge on any atom is 0.0701 e. The molecule has 2 unspecified atom stereocenters. The molecule has 1 N–H and O–H groups in total. The van der Waals surface area contributed by atoms with Gasteiger partial charge in [0.2, 0.25) is 0 Å². The number of hydrogen-bond acceptors (Lipinski definition) is 5. The van der Waals surface area contributed by atoms with Crippen LogP contribution < -0.4 is 5.32 Å². The van der Waals surface area contributed by atoms with Crippen LogP contribution >= 0.6 is 0 Å². The highest BCUT2D eigenvalue weighted by Gasteiger charge is 2.35. The van der Waals surface area contributed by atoms with Gasteiger partial charge in [0.15, 0.2) is 0 Å². The monoisotopic (exact) mass is 258 g/mol. The molecule has 106 valence electrons. The Bertz CT molecular complexity index is 216. The standard InChI is InChI=1S/C13H26N2O3/c1-16-4-5-18-7-6-17-3-2-15-10-12-8-14-9-13(12)11-15/h12-14H,2-11H2,1H3. The largest absolute Gasteiger partial charge is 0.382 e. The Balaban J connectivity index is 1.40. The minimum absolute atomic E-state index is 0.655. The van der Waals surface area contributed by atoms with Crippen molar-refractivity contribution in [3.05, 3.63) is 0 Å². The molecule has 5 nitrogen and oxygen atoms in total. The van der Waals surface area contributed by atoms with Gasteiger partial charge in [0.1, 0.15) is 0 Å². The molecule has 2 heterocycles. The molecule has 0 amide bonds. The summed E-state index contributed by atoms with van der Waals surface area (Å²) < 4.78 is 15.8. The first-order valence-electron chi connectivity index (χ1n) is 6.97. The average molecular weight is 258 g/mol. The summed E-state index contributed by atoms with van der Waals surface area (Å²) in [6, 6.07) is 0. The van der Waals surface area contributed by atoms with E-state index in [4.69, 9.17) is 14.2 Å². The third kappa shape index (κ3) is 4.48. The maximum atomic E-state index is 5.57. The van der Waals surface area contributed by atoms with Crippen LogP contribution in [0.25, 0.3) is 0 Å². The van der Waals surface area contributed by atoms with Crippen LogP contribution in [-0.2, 0) is 14.2 Å². The fourth-order valence-electron chi connectivity index (χ4n) is 2.79. The van der Waals surface area contributed by atoms with Crippen LogP contribution in [0.3, 0.4) is 0 Å². The third-order valence-corrected chi connectivity index (χ3v) is 3.82. The van der Waals surface area contributed by atoms with E-state index in [0.717, 1.165) is 25.0 Å². The second kappa shape index (κ2) is 8.07.